The number of aliphatic imine (C=N–C) groups is 2. The smallest absolute Gasteiger partial charge is 0.241 e. The van der Waals surface area contributed by atoms with E-state index in [1.54, 1.807) is 6.34 Å². The molecule has 0 bridgehead atoms. The predicted molar refractivity (Wildman–Crippen MR) is 65.6 cm³/mol. The van der Waals surface area contributed by atoms with Crippen LogP contribution in [0.2, 0.25) is 0 Å². The van der Waals surface area contributed by atoms with Crippen LogP contribution in [-0.2, 0) is 4.79 Å². The van der Waals surface area contributed by atoms with Gasteiger partial charge in [0.1, 0.15) is 13.2 Å². The van der Waals surface area contributed by atoms with E-state index in [2.05, 4.69) is 15.3 Å². The molecule has 1 N–H and O–H groups in total. The average Bonchev–Trinajstić information content (AvgIpc) is 2.22. The van der Waals surface area contributed by atoms with Gasteiger partial charge in [-0.2, -0.15) is 0 Å². The van der Waals surface area contributed by atoms with Gasteiger partial charge in [-0.3, -0.25) is 14.8 Å². The van der Waals surface area contributed by atoms with Crippen LogP contribution in [-0.4, -0.2) is 42.6 Å². The second-order valence-electron chi connectivity index (χ2n) is 3.61. The van der Waals surface area contributed by atoms with Gasteiger partial charge in [-0.1, -0.05) is 0 Å². The monoisotopic (exact) mass is 222 g/mol. The van der Waals surface area contributed by atoms with Crippen molar-refractivity contribution in [3.05, 3.63) is 11.8 Å². The van der Waals surface area contributed by atoms with Crippen LogP contribution in [0.15, 0.2) is 21.8 Å². The van der Waals surface area contributed by atoms with Gasteiger partial charge < -0.3 is 10.2 Å². The van der Waals surface area contributed by atoms with Crippen molar-refractivity contribution in [1.82, 2.24) is 10.2 Å². The van der Waals surface area contributed by atoms with Crippen molar-refractivity contribution in [2.45, 2.75) is 20.8 Å². The Hall–Kier alpha value is -1.65. The number of hydrogen-bond donors (Lipinski definition) is 1. The average molecular weight is 222 g/mol. The van der Waals surface area contributed by atoms with E-state index in [0.29, 0.717) is 13.2 Å². The maximum atomic E-state index is 11.1. The molecule has 5 nitrogen and oxygen atoms in total. The molecule has 5 heteroatoms. The Morgan fingerprint density at radius 2 is 2.44 bits per heavy atom. The fraction of sp³-hybridized carbons (Fsp3) is 0.545. The zero-order valence-corrected chi connectivity index (χ0v) is 10.0. The Bertz CT molecular complexity index is 344. The molecule has 88 valence electrons. The summed E-state index contributed by atoms with van der Waals surface area (Å²) < 4.78 is 0. The van der Waals surface area contributed by atoms with Crippen LogP contribution in [0.3, 0.4) is 0 Å². The molecular weight excluding hydrogens is 204 g/mol. The Kier molecular flexibility index (Phi) is 4.69. The topological polar surface area (TPSA) is 57.1 Å². The summed E-state index contributed by atoms with van der Waals surface area (Å²) in [7, 11) is 0. The molecule has 0 atom stereocenters. The first-order valence-corrected chi connectivity index (χ1v) is 5.36. The first kappa shape index (κ1) is 12.4. The maximum Gasteiger partial charge on any atom is 0.241 e. The SMILES string of the molecule is CCNC(=O)C/N=C\N1CN=C(C)C=C1C. The Morgan fingerprint density at radius 1 is 1.69 bits per heavy atom. The van der Waals surface area contributed by atoms with Crippen molar-refractivity contribution in [1.29, 1.82) is 0 Å². The molecule has 0 saturated carbocycles. The van der Waals surface area contributed by atoms with Crippen LogP contribution in [0.25, 0.3) is 0 Å². The number of nitrogens with zero attached hydrogens (tertiary/aromatic N) is 3. The summed E-state index contributed by atoms with van der Waals surface area (Å²) >= 11 is 0. The van der Waals surface area contributed by atoms with E-state index in [0.717, 1.165) is 11.4 Å². The lowest BCUT2D eigenvalue weighted by molar-refractivity contribution is -0.119. The van der Waals surface area contributed by atoms with Crippen LogP contribution in [0, 0.1) is 0 Å². The van der Waals surface area contributed by atoms with Crippen LogP contribution < -0.4 is 5.32 Å². The number of rotatable bonds is 4. The molecule has 0 spiro atoms. The van der Waals surface area contributed by atoms with E-state index < -0.39 is 0 Å². The van der Waals surface area contributed by atoms with E-state index in [-0.39, 0.29) is 12.5 Å². The summed E-state index contributed by atoms with van der Waals surface area (Å²) in [5.41, 5.74) is 2.11. The highest BCUT2D eigenvalue weighted by Crippen LogP contribution is 2.06. The van der Waals surface area contributed by atoms with Gasteiger partial charge in [0.25, 0.3) is 0 Å². The van der Waals surface area contributed by atoms with Crippen LogP contribution in [0.4, 0.5) is 0 Å². The lowest BCUT2D eigenvalue weighted by atomic mass is 10.3. The second kappa shape index (κ2) is 6.05. The van der Waals surface area contributed by atoms with E-state index in [4.69, 9.17) is 0 Å². The minimum Gasteiger partial charge on any atom is -0.355 e. The van der Waals surface area contributed by atoms with Crippen molar-refractivity contribution in [3.8, 4) is 0 Å². The van der Waals surface area contributed by atoms with E-state index in [1.165, 1.54) is 0 Å². The number of carbonyl (C=O) groups excluding carboxylic acids is 1. The lowest BCUT2D eigenvalue weighted by Crippen LogP contribution is -2.27. The molecule has 1 heterocycles. The molecule has 1 amide bonds. The van der Waals surface area contributed by atoms with Crippen molar-refractivity contribution in [2.24, 2.45) is 9.98 Å². The van der Waals surface area contributed by atoms with E-state index in [9.17, 15) is 4.79 Å². The van der Waals surface area contributed by atoms with E-state index >= 15 is 0 Å². The fourth-order valence-corrected chi connectivity index (χ4v) is 1.33. The molecule has 0 unspecified atom stereocenters. The molecular formula is C11H18N4O. The van der Waals surface area contributed by atoms with Gasteiger partial charge in [-0.05, 0) is 26.8 Å². The summed E-state index contributed by atoms with van der Waals surface area (Å²) in [4.78, 5) is 21.4. The van der Waals surface area contributed by atoms with Crippen molar-refractivity contribution < 1.29 is 4.79 Å². The molecule has 0 radical (unpaired) electrons. The van der Waals surface area contributed by atoms with Crippen molar-refractivity contribution in [3.63, 3.8) is 0 Å². The predicted octanol–water partition coefficient (Wildman–Crippen LogP) is 0.789. The molecule has 0 fully saturated rings. The summed E-state index contributed by atoms with van der Waals surface area (Å²) in [6.07, 6.45) is 3.65. The zero-order valence-electron chi connectivity index (χ0n) is 10.0. The zero-order chi connectivity index (χ0) is 12.0. The molecule has 0 aromatic rings. The van der Waals surface area contributed by atoms with Gasteiger partial charge in [-0.25, -0.2) is 0 Å². The summed E-state index contributed by atoms with van der Waals surface area (Å²) in [5, 5.41) is 2.69. The Balaban J connectivity index is 2.41. The quantitative estimate of drug-likeness (QED) is 0.564. The summed E-state index contributed by atoms with van der Waals surface area (Å²) in [5.74, 6) is -0.0583. The van der Waals surface area contributed by atoms with Gasteiger partial charge in [0, 0.05) is 18.0 Å². The summed E-state index contributed by atoms with van der Waals surface area (Å²) in [6, 6.07) is 0. The molecule has 1 rings (SSSR count). The number of hydrogen-bond acceptors (Lipinski definition) is 3. The van der Waals surface area contributed by atoms with Gasteiger partial charge >= 0.3 is 0 Å². The van der Waals surface area contributed by atoms with Crippen molar-refractivity contribution >= 4 is 18.0 Å². The van der Waals surface area contributed by atoms with Crippen LogP contribution in [0.5, 0.6) is 0 Å². The molecule has 0 aromatic heterocycles. The van der Waals surface area contributed by atoms with Crippen LogP contribution in [0.1, 0.15) is 20.8 Å². The first-order valence-electron chi connectivity index (χ1n) is 5.36. The first-order chi connectivity index (χ1) is 7.63. The Morgan fingerprint density at radius 3 is 3.06 bits per heavy atom. The highest BCUT2D eigenvalue weighted by Gasteiger charge is 2.06. The van der Waals surface area contributed by atoms with E-state index in [1.807, 2.05) is 31.7 Å². The minimum atomic E-state index is -0.0583. The second-order valence-corrected chi connectivity index (χ2v) is 3.61. The summed E-state index contributed by atoms with van der Waals surface area (Å²) in [6.45, 7) is 7.23. The molecule has 16 heavy (non-hydrogen) atoms. The number of likely N-dealkylation sites (N-methyl/N-ethyl adjacent to an activating group) is 1. The molecule has 0 saturated heterocycles. The molecule has 0 aromatic carbocycles. The number of carbonyl (C=O) groups is 1. The van der Waals surface area contributed by atoms with Gasteiger partial charge in [-0.15, -0.1) is 0 Å². The molecule has 1 aliphatic heterocycles. The maximum absolute atomic E-state index is 11.1. The number of allylic oxidation sites excluding steroid dienone is 2. The minimum absolute atomic E-state index is 0.0583. The highest BCUT2D eigenvalue weighted by atomic mass is 16.1. The normalized spacial score (nSPS) is 16.1. The highest BCUT2D eigenvalue weighted by molar-refractivity contribution is 5.94. The largest absolute Gasteiger partial charge is 0.355 e. The van der Waals surface area contributed by atoms with Crippen LogP contribution >= 0.6 is 0 Å². The third-order valence-electron chi connectivity index (χ3n) is 2.17. The van der Waals surface area contributed by atoms with Gasteiger partial charge in [0.15, 0.2) is 0 Å². The Labute approximate surface area is 96.0 Å². The fourth-order valence-electron chi connectivity index (χ4n) is 1.33. The standard InChI is InChI=1S/C11H18N4O/c1-4-13-11(16)6-12-7-15-8-14-9(2)5-10(15)3/h5,7H,4,6,8H2,1-3H3,(H,13,16)/b12-7-. The number of nitrogens with one attached hydrogen (secondary N) is 1. The number of amides is 1. The third-order valence-corrected chi connectivity index (χ3v) is 2.17. The third kappa shape index (κ3) is 3.84. The van der Waals surface area contributed by atoms with Gasteiger partial charge in [0.05, 0.1) is 6.34 Å². The van der Waals surface area contributed by atoms with Gasteiger partial charge in [0.2, 0.25) is 5.91 Å². The van der Waals surface area contributed by atoms with Crippen molar-refractivity contribution in [2.75, 3.05) is 19.8 Å². The molecule has 1 aliphatic rings. The molecule has 0 aliphatic carbocycles. The lowest BCUT2D eigenvalue weighted by Gasteiger charge is -2.21.